The van der Waals surface area contributed by atoms with E-state index >= 15 is 0 Å². The van der Waals surface area contributed by atoms with Crippen molar-refractivity contribution < 1.29 is 14.9 Å². The van der Waals surface area contributed by atoms with Gasteiger partial charge in [0.05, 0.1) is 0 Å². The number of hydrogen-bond donors (Lipinski definition) is 2. The Morgan fingerprint density at radius 2 is 1.78 bits per heavy atom. The Hall–Kier alpha value is -0.120. The Morgan fingerprint density at radius 1 is 1.44 bits per heavy atom. The molecule has 3 heteroatoms. The number of hydrogen-bond acceptors (Lipinski definition) is 3. The molecule has 0 aromatic rings. The Bertz CT molecular complexity index is 35.3. The summed E-state index contributed by atoms with van der Waals surface area (Å²) in [5.41, 5.74) is 0. The van der Waals surface area contributed by atoms with E-state index in [0.29, 0.717) is 6.42 Å². The molecule has 0 aliphatic carbocycles. The van der Waals surface area contributed by atoms with Crippen molar-refractivity contribution in [1.82, 2.24) is 0 Å². The van der Waals surface area contributed by atoms with E-state index in [2.05, 4.69) is 4.74 Å². The van der Waals surface area contributed by atoms with Crippen LogP contribution >= 0.6 is 0 Å². The maximum absolute atomic E-state index is 8.44. The van der Waals surface area contributed by atoms with Crippen molar-refractivity contribution in [2.45, 2.75) is 26.6 Å². The second-order valence-corrected chi connectivity index (χ2v) is 1.41. The van der Waals surface area contributed by atoms with Gasteiger partial charge in [0.1, 0.15) is 0 Å². The van der Waals surface area contributed by atoms with Gasteiger partial charge in [-0.05, 0) is 13.3 Å². The maximum atomic E-state index is 8.44. The van der Waals surface area contributed by atoms with Gasteiger partial charge in [-0.1, -0.05) is 6.92 Å². The predicted octanol–water partition coefficient (Wildman–Crippen LogP) is 0.360. The summed E-state index contributed by atoms with van der Waals surface area (Å²) in [4.78, 5) is 0. The molecule has 0 fully saturated rings. The SMILES string of the molecule is CCC(O)OC.CCO. The van der Waals surface area contributed by atoms with Crippen molar-refractivity contribution in [3.05, 3.63) is 0 Å². The molecule has 0 amide bonds. The molecule has 58 valence electrons. The van der Waals surface area contributed by atoms with Crippen LogP contribution in [0, 0.1) is 0 Å². The van der Waals surface area contributed by atoms with Crippen LogP contribution in [0.1, 0.15) is 20.3 Å². The minimum Gasteiger partial charge on any atom is -0.397 e. The maximum Gasteiger partial charge on any atom is 0.153 e. The van der Waals surface area contributed by atoms with Crippen LogP contribution in [0.25, 0.3) is 0 Å². The highest BCUT2D eigenvalue weighted by Crippen LogP contribution is 1.85. The predicted molar refractivity (Wildman–Crippen MR) is 36.1 cm³/mol. The van der Waals surface area contributed by atoms with E-state index in [4.69, 9.17) is 10.2 Å². The molecule has 0 aromatic heterocycles. The second-order valence-electron chi connectivity index (χ2n) is 1.41. The number of aliphatic hydroxyl groups excluding tert-OH is 2. The van der Waals surface area contributed by atoms with Gasteiger partial charge in [0.15, 0.2) is 6.29 Å². The van der Waals surface area contributed by atoms with Crippen molar-refractivity contribution >= 4 is 0 Å². The lowest BCUT2D eigenvalue weighted by atomic mass is 10.5. The third-order valence-corrected chi connectivity index (χ3v) is 0.621. The van der Waals surface area contributed by atoms with E-state index in [1.807, 2.05) is 6.92 Å². The van der Waals surface area contributed by atoms with Crippen LogP contribution in [0.4, 0.5) is 0 Å². The molecule has 1 atom stereocenters. The van der Waals surface area contributed by atoms with E-state index in [1.165, 1.54) is 7.11 Å². The molecule has 0 aliphatic rings. The summed E-state index contributed by atoms with van der Waals surface area (Å²) in [6.07, 6.45) is 0.0984. The lowest BCUT2D eigenvalue weighted by Crippen LogP contribution is -2.05. The van der Waals surface area contributed by atoms with E-state index in [0.717, 1.165) is 0 Å². The lowest BCUT2D eigenvalue weighted by Gasteiger charge is -2.00. The summed E-state index contributed by atoms with van der Waals surface area (Å²) in [5.74, 6) is 0. The zero-order chi connectivity index (χ0) is 7.70. The normalized spacial score (nSPS) is 11.7. The Kier molecular flexibility index (Phi) is 14.0. The Morgan fingerprint density at radius 3 is 1.78 bits per heavy atom. The molecule has 0 rings (SSSR count). The number of ether oxygens (including phenoxy) is 1. The number of rotatable bonds is 2. The molecule has 0 radical (unpaired) electrons. The average molecular weight is 136 g/mol. The van der Waals surface area contributed by atoms with Gasteiger partial charge in [-0.25, -0.2) is 0 Å². The molecule has 2 N–H and O–H groups in total. The van der Waals surface area contributed by atoms with Crippen molar-refractivity contribution in [1.29, 1.82) is 0 Å². The van der Waals surface area contributed by atoms with Crippen LogP contribution in [0.5, 0.6) is 0 Å². The van der Waals surface area contributed by atoms with Gasteiger partial charge in [-0.3, -0.25) is 0 Å². The molecule has 0 heterocycles. The highest BCUT2D eigenvalue weighted by atomic mass is 16.6. The minimum atomic E-state index is -0.565. The van der Waals surface area contributed by atoms with Crippen LogP contribution in [-0.2, 0) is 4.74 Å². The van der Waals surface area contributed by atoms with Gasteiger partial charge in [0.25, 0.3) is 0 Å². The third-order valence-electron chi connectivity index (χ3n) is 0.621. The van der Waals surface area contributed by atoms with Crippen molar-refractivity contribution in [2.75, 3.05) is 13.7 Å². The summed E-state index contributed by atoms with van der Waals surface area (Å²) in [6, 6.07) is 0. The zero-order valence-corrected chi connectivity index (χ0v) is 6.29. The summed E-state index contributed by atoms with van der Waals surface area (Å²) >= 11 is 0. The Labute approximate surface area is 56.3 Å². The molecule has 0 bridgehead atoms. The summed E-state index contributed by atoms with van der Waals surface area (Å²) in [6.45, 7) is 3.79. The van der Waals surface area contributed by atoms with E-state index in [-0.39, 0.29) is 6.61 Å². The smallest absolute Gasteiger partial charge is 0.153 e. The molecule has 1 unspecified atom stereocenters. The quantitative estimate of drug-likeness (QED) is 0.539. The number of methoxy groups -OCH3 is 1. The average Bonchev–Trinajstić information content (AvgIpc) is 1.88. The van der Waals surface area contributed by atoms with Crippen molar-refractivity contribution in [3.63, 3.8) is 0 Å². The molecule has 0 saturated heterocycles. The largest absolute Gasteiger partial charge is 0.397 e. The third kappa shape index (κ3) is 18.1. The molecular weight excluding hydrogens is 120 g/mol. The fourth-order valence-corrected chi connectivity index (χ4v) is 0.167. The first-order valence-electron chi connectivity index (χ1n) is 3.04. The molecule has 3 nitrogen and oxygen atoms in total. The summed E-state index contributed by atoms with van der Waals surface area (Å²) < 4.78 is 4.45. The van der Waals surface area contributed by atoms with Gasteiger partial charge in [-0.2, -0.15) is 0 Å². The topological polar surface area (TPSA) is 49.7 Å². The fourth-order valence-electron chi connectivity index (χ4n) is 0.167. The van der Waals surface area contributed by atoms with E-state index in [9.17, 15) is 0 Å². The van der Waals surface area contributed by atoms with Crippen LogP contribution in [0.15, 0.2) is 0 Å². The van der Waals surface area contributed by atoms with Crippen LogP contribution in [0.2, 0.25) is 0 Å². The highest BCUT2D eigenvalue weighted by Gasteiger charge is 1.90. The van der Waals surface area contributed by atoms with Crippen LogP contribution in [-0.4, -0.2) is 30.2 Å². The van der Waals surface area contributed by atoms with Gasteiger partial charge in [0, 0.05) is 13.7 Å². The van der Waals surface area contributed by atoms with Gasteiger partial charge in [-0.15, -0.1) is 0 Å². The molecular formula is C6H16O3. The van der Waals surface area contributed by atoms with Gasteiger partial charge in [0.2, 0.25) is 0 Å². The van der Waals surface area contributed by atoms with Crippen molar-refractivity contribution in [3.8, 4) is 0 Å². The Balaban J connectivity index is 0. The standard InChI is InChI=1S/C4H10O2.C2H6O/c1-3-4(5)6-2;1-2-3/h4-5H,3H2,1-2H3;3H,2H2,1H3. The first-order valence-corrected chi connectivity index (χ1v) is 3.04. The summed E-state index contributed by atoms with van der Waals surface area (Å²) in [5, 5.41) is 16.0. The minimum absolute atomic E-state index is 0.250. The molecule has 0 aliphatic heterocycles. The lowest BCUT2D eigenvalue weighted by molar-refractivity contribution is -0.0748. The first-order chi connectivity index (χ1) is 4.22. The van der Waals surface area contributed by atoms with E-state index < -0.39 is 6.29 Å². The molecule has 9 heavy (non-hydrogen) atoms. The number of aliphatic hydroxyl groups is 2. The van der Waals surface area contributed by atoms with Crippen LogP contribution in [0.3, 0.4) is 0 Å². The first kappa shape index (κ1) is 11.6. The molecule has 0 aromatic carbocycles. The van der Waals surface area contributed by atoms with Crippen molar-refractivity contribution in [2.24, 2.45) is 0 Å². The molecule has 0 saturated carbocycles. The van der Waals surface area contributed by atoms with Gasteiger partial charge >= 0.3 is 0 Å². The second kappa shape index (κ2) is 10.8. The summed E-state index contributed by atoms with van der Waals surface area (Å²) in [7, 11) is 1.48. The van der Waals surface area contributed by atoms with Gasteiger partial charge < -0.3 is 14.9 Å². The molecule has 0 spiro atoms. The zero-order valence-electron chi connectivity index (χ0n) is 6.29. The van der Waals surface area contributed by atoms with E-state index in [1.54, 1.807) is 6.92 Å². The monoisotopic (exact) mass is 136 g/mol. The fraction of sp³-hybridized carbons (Fsp3) is 1.00. The highest BCUT2D eigenvalue weighted by molar-refractivity contribution is 4.26. The van der Waals surface area contributed by atoms with Crippen LogP contribution < -0.4 is 0 Å².